The van der Waals surface area contributed by atoms with Gasteiger partial charge in [0.2, 0.25) is 0 Å². The Bertz CT molecular complexity index is 1190. The van der Waals surface area contributed by atoms with Gasteiger partial charge in [0.1, 0.15) is 11.5 Å². The van der Waals surface area contributed by atoms with Gasteiger partial charge in [0.15, 0.2) is 0 Å². The number of fused-ring (bicyclic) bond motifs is 2. The zero-order valence-corrected chi connectivity index (χ0v) is 15.6. The molecule has 4 heteroatoms. The number of anilines is 2. The van der Waals surface area contributed by atoms with Crippen LogP contribution in [0.3, 0.4) is 0 Å². The maximum atomic E-state index is 6.43. The Balaban J connectivity index is 1.65. The number of rotatable bonds is 0. The molecule has 4 aliphatic rings. The van der Waals surface area contributed by atoms with Crippen molar-refractivity contribution in [1.29, 1.82) is 0 Å². The van der Waals surface area contributed by atoms with Crippen molar-refractivity contribution in [3.8, 4) is 33.8 Å². The van der Waals surface area contributed by atoms with Crippen molar-refractivity contribution in [2.45, 2.75) is 9.79 Å². The van der Waals surface area contributed by atoms with E-state index in [9.17, 15) is 0 Å². The summed E-state index contributed by atoms with van der Waals surface area (Å²) in [5, 5.41) is 0. The number of para-hydroxylation sites is 2. The molecule has 2 nitrogen and oxygen atoms in total. The van der Waals surface area contributed by atoms with Gasteiger partial charge in [0, 0.05) is 31.8 Å². The second-order valence-electron chi connectivity index (χ2n) is 7.72. The zero-order chi connectivity index (χ0) is 18.0. The van der Waals surface area contributed by atoms with E-state index >= 15 is 0 Å². The lowest BCUT2D eigenvalue weighted by molar-refractivity contribution is 0.487. The first-order valence-corrected chi connectivity index (χ1v) is 10.4. The van der Waals surface area contributed by atoms with Gasteiger partial charge >= 0.3 is 6.85 Å². The molecule has 4 heterocycles. The summed E-state index contributed by atoms with van der Waals surface area (Å²) in [5.74, 6) is 1.98. The number of nitrogens with zero attached hydrogens (tertiary/aromatic N) is 1. The van der Waals surface area contributed by atoms with E-state index in [1.54, 1.807) is 0 Å². The normalized spacial score (nSPS) is 15.1. The molecular weight excluding hydrogens is 361 g/mol. The maximum Gasteiger partial charge on any atom is 0.337 e. The van der Waals surface area contributed by atoms with Gasteiger partial charge in [-0.05, 0) is 35.4 Å². The highest BCUT2D eigenvalue weighted by molar-refractivity contribution is 7.99. The lowest BCUT2D eigenvalue weighted by atomic mass is 9.42. The summed E-state index contributed by atoms with van der Waals surface area (Å²) in [6.45, 7) is 0.175. The molecule has 0 N–H and O–H groups in total. The number of hydrogen-bond donors (Lipinski definition) is 0. The van der Waals surface area contributed by atoms with E-state index in [1.165, 1.54) is 54.3 Å². The maximum absolute atomic E-state index is 6.43. The molecule has 0 bridgehead atoms. The van der Waals surface area contributed by atoms with Crippen LogP contribution in [0.5, 0.6) is 11.5 Å². The second-order valence-corrected chi connectivity index (χ2v) is 8.80. The van der Waals surface area contributed by atoms with Crippen molar-refractivity contribution < 1.29 is 4.74 Å². The van der Waals surface area contributed by atoms with Gasteiger partial charge in [-0.1, -0.05) is 60.3 Å². The summed E-state index contributed by atoms with van der Waals surface area (Å²) in [4.78, 5) is 5.27. The Kier molecular flexibility index (Phi) is 2.23. The van der Waals surface area contributed by atoms with Gasteiger partial charge in [-0.3, -0.25) is 0 Å². The van der Waals surface area contributed by atoms with Crippen LogP contribution in [0.4, 0.5) is 11.4 Å². The smallest absolute Gasteiger partial charge is 0.337 e. The fourth-order valence-electron chi connectivity index (χ4n) is 5.45. The van der Waals surface area contributed by atoms with Crippen LogP contribution in [0.25, 0.3) is 22.3 Å². The first-order valence-electron chi connectivity index (χ1n) is 9.58. The summed E-state index contributed by atoms with van der Waals surface area (Å²) in [5.41, 5.74) is 10.5. The predicted molar refractivity (Wildman–Crippen MR) is 115 cm³/mol. The highest BCUT2D eigenvalue weighted by atomic mass is 32.2. The number of benzene rings is 4. The van der Waals surface area contributed by atoms with Crippen LogP contribution in [0.2, 0.25) is 0 Å². The zero-order valence-electron chi connectivity index (χ0n) is 14.8. The predicted octanol–water partition coefficient (Wildman–Crippen LogP) is 5.16. The Morgan fingerprint density at radius 1 is 0.607 bits per heavy atom. The topological polar surface area (TPSA) is 12.5 Å². The van der Waals surface area contributed by atoms with Gasteiger partial charge in [-0.15, -0.1) is 0 Å². The molecule has 0 unspecified atom stereocenters. The molecular formula is C24H12BNOS. The van der Waals surface area contributed by atoms with Crippen LogP contribution in [0.1, 0.15) is 0 Å². The lowest BCUT2D eigenvalue weighted by Crippen LogP contribution is -2.62. The van der Waals surface area contributed by atoms with Gasteiger partial charge in [0.25, 0.3) is 0 Å². The average Bonchev–Trinajstić information content (AvgIpc) is 2.74. The molecule has 0 fully saturated rings. The summed E-state index contributed by atoms with van der Waals surface area (Å²) < 4.78 is 6.43. The van der Waals surface area contributed by atoms with E-state index in [1.807, 2.05) is 11.8 Å². The standard InChI is InChI=1S/C24H12BNOS/c1-5-13-15-7-3-11-19-23(15)26-24-16(8-4-12-20(24)28-19)14-6-2-10-18-22(14)25(26)21(13)17(9-1)27-18/h1-12H. The third kappa shape index (κ3) is 1.39. The van der Waals surface area contributed by atoms with Crippen LogP contribution in [0.15, 0.2) is 82.6 Å². The molecule has 0 amide bonds. The molecule has 128 valence electrons. The Hall–Kier alpha value is -3.11. The summed E-state index contributed by atoms with van der Waals surface area (Å²) in [6.07, 6.45) is 0. The Labute approximate surface area is 166 Å². The molecule has 0 spiro atoms. The molecule has 0 saturated heterocycles. The van der Waals surface area contributed by atoms with Crippen LogP contribution >= 0.6 is 11.8 Å². The van der Waals surface area contributed by atoms with Crippen molar-refractivity contribution in [2.24, 2.45) is 0 Å². The molecule has 0 saturated carbocycles. The number of hydrogen-bond acceptors (Lipinski definition) is 3. The van der Waals surface area contributed by atoms with Gasteiger partial charge in [0.05, 0.1) is 11.4 Å². The van der Waals surface area contributed by atoms with Crippen LogP contribution in [0, 0.1) is 0 Å². The molecule has 0 aromatic heterocycles. The van der Waals surface area contributed by atoms with Crippen molar-refractivity contribution >= 4 is 40.9 Å². The van der Waals surface area contributed by atoms with Crippen molar-refractivity contribution in [3.05, 3.63) is 72.8 Å². The highest BCUT2D eigenvalue weighted by Gasteiger charge is 2.50. The SMILES string of the molecule is c1cc2c3c(c1)-c1cccc4c1N1B3c3c(cccc3-c3cccc(c31)S4)O2. The fourth-order valence-corrected chi connectivity index (χ4v) is 6.59. The van der Waals surface area contributed by atoms with E-state index in [0.29, 0.717) is 0 Å². The molecule has 4 aromatic rings. The molecule has 4 aliphatic heterocycles. The van der Waals surface area contributed by atoms with E-state index in [-0.39, 0.29) is 6.85 Å². The highest BCUT2D eigenvalue weighted by Crippen LogP contribution is 2.58. The van der Waals surface area contributed by atoms with Crippen molar-refractivity contribution in [3.63, 3.8) is 0 Å². The summed E-state index contributed by atoms with van der Waals surface area (Å²) >= 11 is 1.89. The van der Waals surface area contributed by atoms with Crippen LogP contribution in [-0.2, 0) is 0 Å². The summed E-state index contributed by atoms with van der Waals surface area (Å²) in [6, 6.07) is 26.4. The fraction of sp³-hybridized carbons (Fsp3) is 0. The molecule has 0 atom stereocenters. The minimum atomic E-state index is 0.175. The minimum Gasteiger partial charge on any atom is -0.458 e. The third-order valence-electron chi connectivity index (χ3n) is 6.44. The first-order chi connectivity index (χ1) is 13.9. The second kappa shape index (κ2) is 4.48. The quantitative estimate of drug-likeness (QED) is 0.348. The van der Waals surface area contributed by atoms with Crippen LogP contribution < -0.4 is 20.5 Å². The third-order valence-corrected chi connectivity index (χ3v) is 7.54. The van der Waals surface area contributed by atoms with Crippen molar-refractivity contribution in [1.82, 2.24) is 0 Å². The van der Waals surface area contributed by atoms with Gasteiger partial charge in [-0.2, -0.15) is 0 Å². The van der Waals surface area contributed by atoms with Gasteiger partial charge in [-0.25, -0.2) is 0 Å². The molecule has 8 rings (SSSR count). The van der Waals surface area contributed by atoms with E-state index in [4.69, 9.17) is 4.74 Å². The Morgan fingerprint density at radius 3 is 1.68 bits per heavy atom. The monoisotopic (exact) mass is 373 g/mol. The average molecular weight is 373 g/mol. The van der Waals surface area contributed by atoms with Crippen molar-refractivity contribution in [2.75, 3.05) is 4.81 Å². The van der Waals surface area contributed by atoms with Crippen LogP contribution in [-0.4, -0.2) is 6.85 Å². The Morgan fingerprint density at radius 2 is 1.11 bits per heavy atom. The molecule has 0 radical (unpaired) electrons. The summed E-state index contributed by atoms with van der Waals surface area (Å²) in [7, 11) is 0. The largest absolute Gasteiger partial charge is 0.458 e. The van der Waals surface area contributed by atoms with E-state index in [0.717, 1.165) is 11.5 Å². The van der Waals surface area contributed by atoms with E-state index < -0.39 is 0 Å². The van der Waals surface area contributed by atoms with Gasteiger partial charge < -0.3 is 9.55 Å². The van der Waals surface area contributed by atoms with E-state index in [2.05, 4.69) is 77.6 Å². The molecule has 4 aromatic carbocycles. The lowest BCUT2D eigenvalue weighted by Gasteiger charge is -2.48. The minimum absolute atomic E-state index is 0.175. The number of ether oxygens (including phenoxy) is 1. The molecule has 28 heavy (non-hydrogen) atoms. The molecule has 0 aliphatic carbocycles. The first kappa shape index (κ1) is 14.0.